The van der Waals surface area contributed by atoms with Crippen LogP contribution in [0.4, 0.5) is 0 Å². The van der Waals surface area contributed by atoms with Crippen molar-refractivity contribution in [2.75, 3.05) is 0 Å². The standard InChI is InChI=1S/C22H22ClN3/c23-20-9-7-18(8-10-20)15-19-16-26(22-6-2-1-5-21(19)22)13-4-3-12-25-14-11-24-17-25/h1-2,5-11,14,16-17H,3-4,12-13,15H2. The van der Waals surface area contributed by atoms with Crippen molar-refractivity contribution in [2.24, 2.45) is 0 Å². The lowest BCUT2D eigenvalue weighted by Crippen LogP contribution is -2.00. The summed E-state index contributed by atoms with van der Waals surface area (Å²) in [6, 6.07) is 16.8. The minimum Gasteiger partial charge on any atom is -0.347 e. The number of aryl methyl sites for hydroxylation is 2. The fourth-order valence-electron chi connectivity index (χ4n) is 3.47. The third-order valence-electron chi connectivity index (χ3n) is 4.80. The molecule has 0 bridgehead atoms. The number of aromatic nitrogens is 3. The lowest BCUT2D eigenvalue weighted by atomic mass is 10.0. The summed E-state index contributed by atoms with van der Waals surface area (Å²) in [6.45, 7) is 2.06. The van der Waals surface area contributed by atoms with Crippen LogP contribution in [0.25, 0.3) is 10.9 Å². The summed E-state index contributed by atoms with van der Waals surface area (Å²) >= 11 is 6.01. The maximum atomic E-state index is 6.01. The van der Waals surface area contributed by atoms with Gasteiger partial charge in [0.25, 0.3) is 0 Å². The number of hydrogen-bond donors (Lipinski definition) is 0. The molecule has 0 saturated heterocycles. The van der Waals surface area contributed by atoms with Crippen LogP contribution in [-0.2, 0) is 19.5 Å². The van der Waals surface area contributed by atoms with Crippen LogP contribution in [0.5, 0.6) is 0 Å². The largest absolute Gasteiger partial charge is 0.347 e. The predicted molar refractivity (Wildman–Crippen MR) is 108 cm³/mol. The van der Waals surface area contributed by atoms with Crippen molar-refractivity contribution in [1.29, 1.82) is 0 Å². The second kappa shape index (κ2) is 7.79. The summed E-state index contributed by atoms with van der Waals surface area (Å²) < 4.78 is 4.54. The van der Waals surface area contributed by atoms with E-state index < -0.39 is 0 Å². The zero-order valence-corrected chi connectivity index (χ0v) is 15.4. The van der Waals surface area contributed by atoms with Crippen molar-refractivity contribution in [3.05, 3.63) is 89.6 Å². The van der Waals surface area contributed by atoms with E-state index in [1.54, 1.807) is 0 Å². The van der Waals surface area contributed by atoms with Crippen LogP contribution in [0.1, 0.15) is 24.0 Å². The van der Waals surface area contributed by atoms with Gasteiger partial charge in [-0.1, -0.05) is 41.9 Å². The second-order valence-corrected chi connectivity index (χ2v) is 7.11. The molecule has 0 unspecified atom stereocenters. The number of para-hydroxylation sites is 1. The van der Waals surface area contributed by atoms with Gasteiger partial charge in [0, 0.05) is 47.6 Å². The fraction of sp³-hybridized carbons (Fsp3) is 0.227. The molecular weight excluding hydrogens is 342 g/mol. The molecule has 0 saturated carbocycles. The zero-order valence-electron chi connectivity index (χ0n) is 14.7. The quantitative estimate of drug-likeness (QED) is 0.394. The first kappa shape index (κ1) is 16.9. The highest BCUT2D eigenvalue weighted by atomic mass is 35.5. The van der Waals surface area contributed by atoms with Crippen molar-refractivity contribution in [1.82, 2.24) is 14.1 Å². The van der Waals surface area contributed by atoms with Crippen LogP contribution >= 0.6 is 11.6 Å². The molecule has 3 nitrogen and oxygen atoms in total. The summed E-state index contributed by atoms with van der Waals surface area (Å²) in [4.78, 5) is 4.10. The Morgan fingerprint density at radius 1 is 0.923 bits per heavy atom. The van der Waals surface area contributed by atoms with E-state index in [0.29, 0.717) is 0 Å². The SMILES string of the molecule is Clc1ccc(Cc2cn(CCCCn3ccnc3)c3ccccc23)cc1. The molecule has 0 radical (unpaired) electrons. The number of halogens is 1. The maximum absolute atomic E-state index is 6.01. The van der Waals surface area contributed by atoms with E-state index in [-0.39, 0.29) is 0 Å². The highest BCUT2D eigenvalue weighted by molar-refractivity contribution is 6.30. The molecular formula is C22H22ClN3. The Balaban J connectivity index is 1.49. The van der Waals surface area contributed by atoms with Gasteiger partial charge in [-0.15, -0.1) is 0 Å². The molecule has 0 amide bonds. The molecule has 0 spiro atoms. The molecule has 4 rings (SSSR count). The van der Waals surface area contributed by atoms with Crippen molar-refractivity contribution in [3.63, 3.8) is 0 Å². The number of unbranched alkanes of at least 4 members (excludes halogenated alkanes) is 1. The normalized spacial score (nSPS) is 11.3. The van der Waals surface area contributed by atoms with E-state index in [0.717, 1.165) is 37.4 Å². The van der Waals surface area contributed by atoms with Gasteiger partial charge in [0.2, 0.25) is 0 Å². The minimum absolute atomic E-state index is 0.786. The topological polar surface area (TPSA) is 22.8 Å². The first-order chi connectivity index (χ1) is 12.8. The van der Waals surface area contributed by atoms with E-state index in [1.807, 2.05) is 30.9 Å². The van der Waals surface area contributed by atoms with Crippen LogP contribution < -0.4 is 0 Å². The summed E-state index contributed by atoms with van der Waals surface area (Å²) in [5, 5.41) is 2.13. The lowest BCUT2D eigenvalue weighted by Gasteiger charge is -2.06. The Hall–Kier alpha value is -2.52. The molecule has 26 heavy (non-hydrogen) atoms. The van der Waals surface area contributed by atoms with Gasteiger partial charge in [-0.05, 0) is 48.6 Å². The van der Waals surface area contributed by atoms with Gasteiger partial charge in [-0.2, -0.15) is 0 Å². The van der Waals surface area contributed by atoms with Gasteiger partial charge in [0.1, 0.15) is 0 Å². The summed E-state index contributed by atoms with van der Waals surface area (Å²) in [5.41, 5.74) is 3.98. The van der Waals surface area contributed by atoms with E-state index in [4.69, 9.17) is 11.6 Å². The van der Waals surface area contributed by atoms with Gasteiger partial charge >= 0.3 is 0 Å². The molecule has 4 aromatic rings. The van der Waals surface area contributed by atoms with E-state index in [2.05, 4.69) is 56.7 Å². The number of hydrogen-bond acceptors (Lipinski definition) is 1. The van der Waals surface area contributed by atoms with Crippen LogP contribution in [0, 0.1) is 0 Å². The molecule has 0 aliphatic heterocycles. The van der Waals surface area contributed by atoms with Crippen LogP contribution in [0.15, 0.2) is 73.4 Å². The number of benzene rings is 2. The average Bonchev–Trinajstić information content (AvgIpc) is 3.30. The van der Waals surface area contributed by atoms with Crippen molar-refractivity contribution in [2.45, 2.75) is 32.4 Å². The highest BCUT2D eigenvalue weighted by Crippen LogP contribution is 2.25. The molecule has 2 heterocycles. The Kier molecular flexibility index (Phi) is 5.07. The molecule has 0 aliphatic rings. The van der Waals surface area contributed by atoms with E-state index in [1.165, 1.54) is 22.0 Å². The number of rotatable bonds is 7. The molecule has 0 aliphatic carbocycles. The van der Waals surface area contributed by atoms with E-state index in [9.17, 15) is 0 Å². The Morgan fingerprint density at radius 3 is 2.54 bits per heavy atom. The highest BCUT2D eigenvalue weighted by Gasteiger charge is 2.08. The monoisotopic (exact) mass is 363 g/mol. The lowest BCUT2D eigenvalue weighted by molar-refractivity contribution is 0.560. The van der Waals surface area contributed by atoms with Gasteiger partial charge in [-0.3, -0.25) is 0 Å². The van der Waals surface area contributed by atoms with Crippen molar-refractivity contribution >= 4 is 22.5 Å². The van der Waals surface area contributed by atoms with Gasteiger partial charge < -0.3 is 9.13 Å². The van der Waals surface area contributed by atoms with Crippen LogP contribution in [0.2, 0.25) is 5.02 Å². The number of nitrogens with zero attached hydrogens (tertiary/aromatic N) is 3. The minimum atomic E-state index is 0.786. The Labute approximate surface area is 158 Å². The molecule has 132 valence electrons. The first-order valence-electron chi connectivity index (χ1n) is 9.06. The second-order valence-electron chi connectivity index (χ2n) is 6.68. The van der Waals surface area contributed by atoms with Gasteiger partial charge in [-0.25, -0.2) is 4.98 Å². The van der Waals surface area contributed by atoms with E-state index >= 15 is 0 Å². The van der Waals surface area contributed by atoms with Crippen molar-refractivity contribution < 1.29 is 0 Å². The number of imidazole rings is 1. The zero-order chi connectivity index (χ0) is 17.8. The summed E-state index contributed by atoms with van der Waals surface area (Å²) in [5.74, 6) is 0. The van der Waals surface area contributed by atoms with Crippen LogP contribution in [-0.4, -0.2) is 14.1 Å². The Morgan fingerprint density at radius 2 is 1.73 bits per heavy atom. The maximum Gasteiger partial charge on any atom is 0.0945 e. The fourth-order valence-corrected chi connectivity index (χ4v) is 3.59. The van der Waals surface area contributed by atoms with Crippen LogP contribution in [0.3, 0.4) is 0 Å². The number of fused-ring (bicyclic) bond motifs is 1. The predicted octanol–water partition coefficient (Wildman–Crippen LogP) is 5.56. The molecule has 4 heteroatoms. The third-order valence-corrected chi connectivity index (χ3v) is 5.06. The molecule has 0 atom stereocenters. The average molecular weight is 364 g/mol. The molecule has 2 aromatic heterocycles. The Bertz CT molecular complexity index is 968. The summed E-state index contributed by atoms with van der Waals surface area (Å²) in [6.07, 6.45) is 11.3. The molecule has 0 N–H and O–H groups in total. The van der Waals surface area contributed by atoms with Crippen molar-refractivity contribution in [3.8, 4) is 0 Å². The molecule has 2 aromatic carbocycles. The van der Waals surface area contributed by atoms with Gasteiger partial charge in [0.15, 0.2) is 0 Å². The summed E-state index contributed by atoms with van der Waals surface area (Å²) in [7, 11) is 0. The smallest absolute Gasteiger partial charge is 0.0945 e. The molecule has 0 fully saturated rings. The first-order valence-corrected chi connectivity index (χ1v) is 9.44. The third kappa shape index (κ3) is 3.83. The van der Waals surface area contributed by atoms with Gasteiger partial charge in [0.05, 0.1) is 6.33 Å².